The summed E-state index contributed by atoms with van der Waals surface area (Å²) in [5.74, 6) is 1.91. The van der Waals surface area contributed by atoms with Gasteiger partial charge in [0.15, 0.2) is 23.2 Å². The van der Waals surface area contributed by atoms with Crippen LogP contribution in [0.2, 0.25) is 0 Å². The summed E-state index contributed by atoms with van der Waals surface area (Å²) < 4.78 is 0. The molecule has 0 atom stereocenters. The summed E-state index contributed by atoms with van der Waals surface area (Å²) in [6.45, 7) is 7.46. The lowest BCUT2D eigenvalue weighted by Crippen LogP contribution is -2.28. The standard InChI is InChI=1S/C53H34N4/c1-54-45-30-26-37(27-31-45)42-29-33-47-46-32-28-41(34-48(46)53(49(47)35-42,43-18-10-4-11-19-43)44-20-12-5-13-21-44)36-22-24-40(25-23-36)52-56-50(38-14-6-2-7-15-38)55-51(57-52)39-16-8-3-9-17-39/h2-35H. The molecule has 0 saturated carbocycles. The molecule has 0 saturated heterocycles. The van der Waals surface area contributed by atoms with Crippen LogP contribution in [0.15, 0.2) is 206 Å². The number of rotatable bonds is 7. The zero-order chi connectivity index (χ0) is 38.2. The molecule has 10 rings (SSSR count). The fourth-order valence-electron chi connectivity index (χ4n) is 8.33. The Morgan fingerprint density at radius 3 is 1.07 bits per heavy atom. The van der Waals surface area contributed by atoms with Gasteiger partial charge in [0.1, 0.15) is 0 Å². The van der Waals surface area contributed by atoms with Crippen molar-refractivity contribution in [2.45, 2.75) is 5.41 Å². The molecule has 1 heterocycles. The third-order valence-electron chi connectivity index (χ3n) is 11.1. The summed E-state index contributed by atoms with van der Waals surface area (Å²) >= 11 is 0. The van der Waals surface area contributed by atoms with Crippen LogP contribution in [0, 0.1) is 6.57 Å². The van der Waals surface area contributed by atoms with Crippen LogP contribution in [0.3, 0.4) is 0 Å². The fraction of sp³-hybridized carbons (Fsp3) is 0.0189. The van der Waals surface area contributed by atoms with Crippen LogP contribution >= 0.6 is 0 Å². The third-order valence-corrected chi connectivity index (χ3v) is 11.1. The first-order valence-corrected chi connectivity index (χ1v) is 19.1. The molecule has 0 spiro atoms. The third kappa shape index (κ3) is 5.90. The SMILES string of the molecule is [C-]#[N+]c1ccc(-c2ccc3c(c2)C(c2ccccc2)(c2ccccc2)c2cc(-c4ccc(-c5nc(-c6ccccc6)nc(-c6ccccc6)n5)cc4)ccc2-3)cc1. The first-order chi connectivity index (χ1) is 28.2. The second-order valence-electron chi connectivity index (χ2n) is 14.3. The minimum absolute atomic E-state index is 0.567. The van der Waals surface area contributed by atoms with E-state index in [-0.39, 0.29) is 0 Å². The van der Waals surface area contributed by atoms with E-state index in [0.717, 1.165) is 38.9 Å². The normalized spacial score (nSPS) is 12.3. The number of hydrogen-bond donors (Lipinski definition) is 0. The average molecular weight is 727 g/mol. The van der Waals surface area contributed by atoms with Crippen molar-refractivity contribution in [2.24, 2.45) is 0 Å². The largest absolute Gasteiger partial charge is 0.238 e. The molecule has 1 aromatic heterocycles. The first kappa shape index (κ1) is 33.8. The van der Waals surface area contributed by atoms with E-state index in [4.69, 9.17) is 21.5 Å². The summed E-state index contributed by atoms with van der Waals surface area (Å²) in [5.41, 5.74) is 14.7. The van der Waals surface area contributed by atoms with Crippen molar-refractivity contribution in [3.63, 3.8) is 0 Å². The summed E-state index contributed by atoms with van der Waals surface area (Å²) in [6.07, 6.45) is 0. The topological polar surface area (TPSA) is 43.0 Å². The Hall–Kier alpha value is -7.74. The van der Waals surface area contributed by atoms with Crippen molar-refractivity contribution in [3.8, 4) is 67.5 Å². The van der Waals surface area contributed by atoms with Gasteiger partial charge in [-0.15, -0.1) is 0 Å². The van der Waals surface area contributed by atoms with E-state index in [9.17, 15) is 0 Å². The summed E-state index contributed by atoms with van der Waals surface area (Å²) in [5, 5.41) is 0. The van der Waals surface area contributed by atoms with Crippen molar-refractivity contribution in [1.29, 1.82) is 0 Å². The molecule has 0 radical (unpaired) electrons. The maximum Gasteiger partial charge on any atom is 0.187 e. The highest BCUT2D eigenvalue weighted by atomic mass is 15.0. The molecule has 0 aliphatic heterocycles. The molecule has 266 valence electrons. The molecule has 0 bridgehead atoms. The van der Waals surface area contributed by atoms with Crippen molar-refractivity contribution in [1.82, 2.24) is 15.0 Å². The Morgan fingerprint density at radius 1 is 0.333 bits per heavy atom. The number of nitrogens with zero attached hydrogens (tertiary/aromatic N) is 4. The van der Waals surface area contributed by atoms with Crippen molar-refractivity contribution < 1.29 is 0 Å². The summed E-state index contributed by atoms with van der Waals surface area (Å²) in [7, 11) is 0. The van der Waals surface area contributed by atoms with Crippen LogP contribution in [0.25, 0.3) is 72.4 Å². The van der Waals surface area contributed by atoms with Gasteiger partial charge >= 0.3 is 0 Å². The molecule has 0 unspecified atom stereocenters. The van der Waals surface area contributed by atoms with E-state index in [1.54, 1.807) is 0 Å². The minimum atomic E-state index is -0.567. The Kier molecular flexibility index (Phi) is 8.39. The summed E-state index contributed by atoms with van der Waals surface area (Å²) in [4.78, 5) is 18.4. The van der Waals surface area contributed by atoms with Crippen LogP contribution in [0.4, 0.5) is 5.69 Å². The molecule has 0 N–H and O–H groups in total. The van der Waals surface area contributed by atoms with Crippen molar-refractivity contribution in [2.75, 3.05) is 0 Å². The molecule has 57 heavy (non-hydrogen) atoms. The van der Waals surface area contributed by atoms with Gasteiger partial charge in [0.05, 0.1) is 12.0 Å². The van der Waals surface area contributed by atoms with E-state index in [0.29, 0.717) is 23.2 Å². The van der Waals surface area contributed by atoms with Gasteiger partial charge in [-0.2, -0.15) is 0 Å². The van der Waals surface area contributed by atoms with Gasteiger partial charge < -0.3 is 0 Å². The number of fused-ring (bicyclic) bond motifs is 3. The number of aromatic nitrogens is 3. The number of benzene rings is 8. The minimum Gasteiger partial charge on any atom is -0.238 e. The van der Waals surface area contributed by atoms with Crippen LogP contribution in [0.5, 0.6) is 0 Å². The van der Waals surface area contributed by atoms with E-state index in [1.807, 2.05) is 84.9 Å². The lowest BCUT2D eigenvalue weighted by atomic mass is 9.67. The van der Waals surface area contributed by atoms with E-state index in [1.165, 1.54) is 33.4 Å². The van der Waals surface area contributed by atoms with Crippen LogP contribution in [-0.4, -0.2) is 15.0 Å². The maximum atomic E-state index is 7.46. The highest BCUT2D eigenvalue weighted by Crippen LogP contribution is 2.57. The quantitative estimate of drug-likeness (QED) is 0.154. The van der Waals surface area contributed by atoms with E-state index in [2.05, 4.69) is 126 Å². The van der Waals surface area contributed by atoms with E-state index >= 15 is 0 Å². The smallest absolute Gasteiger partial charge is 0.187 e. The van der Waals surface area contributed by atoms with Crippen molar-refractivity contribution >= 4 is 5.69 Å². The first-order valence-electron chi connectivity index (χ1n) is 19.1. The van der Waals surface area contributed by atoms with Gasteiger partial charge in [0, 0.05) is 16.7 Å². The predicted molar refractivity (Wildman–Crippen MR) is 231 cm³/mol. The Labute approximate surface area is 332 Å². The molecule has 4 heteroatoms. The Balaban J connectivity index is 1.11. The van der Waals surface area contributed by atoms with Gasteiger partial charge in [0.2, 0.25) is 0 Å². The molecule has 4 nitrogen and oxygen atoms in total. The fourth-order valence-corrected chi connectivity index (χ4v) is 8.33. The molecule has 1 aliphatic carbocycles. The van der Waals surface area contributed by atoms with Gasteiger partial charge in [-0.3, -0.25) is 0 Å². The van der Waals surface area contributed by atoms with Gasteiger partial charge in [0.25, 0.3) is 0 Å². The van der Waals surface area contributed by atoms with Crippen LogP contribution in [-0.2, 0) is 5.41 Å². The lowest BCUT2D eigenvalue weighted by Gasteiger charge is -2.34. The van der Waals surface area contributed by atoms with Gasteiger partial charge in [-0.05, 0) is 67.8 Å². The molecular formula is C53H34N4. The molecule has 1 aliphatic rings. The highest BCUT2D eigenvalue weighted by Gasteiger charge is 2.46. The molecule has 0 amide bonds. The summed E-state index contributed by atoms with van der Waals surface area (Å²) in [6, 6.07) is 72.1. The highest BCUT2D eigenvalue weighted by molar-refractivity contribution is 5.90. The number of hydrogen-bond acceptors (Lipinski definition) is 3. The van der Waals surface area contributed by atoms with Crippen LogP contribution < -0.4 is 0 Å². The molecular weight excluding hydrogens is 693 g/mol. The average Bonchev–Trinajstić information content (AvgIpc) is 3.60. The van der Waals surface area contributed by atoms with Crippen molar-refractivity contribution in [3.05, 3.63) is 240 Å². The zero-order valence-electron chi connectivity index (χ0n) is 30.9. The molecule has 9 aromatic rings. The maximum absolute atomic E-state index is 7.46. The molecule has 0 fully saturated rings. The Bertz CT molecular complexity index is 2820. The zero-order valence-corrected chi connectivity index (χ0v) is 30.9. The second-order valence-corrected chi connectivity index (χ2v) is 14.3. The van der Waals surface area contributed by atoms with Gasteiger partial charge in [-0.1, -0.05) is 194 Å². The monoisotopic (exact) mass is 726 g/mol. The van der Waals surface area contributed by atoms with Crippen LogP contribution in [0.1, 0.15) is 22.3 Å². The predicted octanol–water partition coefficient (Wildman–Crippen LogP) is 13.1. The lowest BCUT2D eigenvalue weighted by molar-refractivity contribution is 0.769. The van der Waals surface area contributed by atoms with Gasteiger partial charge in [-0.25, -0.2) is 19.8 Å². The second kappa shape index (κ2) is 14.2. The molecule has 8 aromatic carbocycles. The Morgan fingerprint density at radius 2 is 0.667 bits per heavy atom. The van der Waals surface area contributed by atoms with E-state index < -0.39 is 5.41 Å².